The SMILES string of the molecule is CCNc1cn2ccnc2c(Nc2cc(Br)ccc2C)n1. The number of hydrogen-bond acceptors (Lipinski definition) is 4. The van der Waals surface area contributed by atoms with E-state index in [1.54, 1.807) is 6.20 Å². The third-order valence-electron chi connectivity index (χ3n) is 3.18. The molecule has 0 radical (unpaired) electrons. The summed E-state index contributed by atoms with van der Waals surface area (Å²) in [6.45, 7) is 4.93. The summed E-state index contributed by atoms with van der Waals surface area (Å²) >= 11 is 3.50. The summed E-state index contributed by atoms with van der Waals surface area (Å²) in [5.74, 6) is 1.55. The van der Waals surface area contributed by atoms with Gasteiger partial charge in [0.2, 0.25) is 0 Å². The van der Waals surface area contributed by atoms with Gasteiger partial charge in [0.05, 0.1) is 6.20 Å². The topological polar surface area (TPSA) is 54.2 Å². The van der Waals surface area contributed by atoms with Gasteiger partial charge in [0.25, 0.3) is 0 Å². The molecule has 1 aromatic carbocycles. The van der Waals surface area contributed by atoms with Gasteiger partial charge in [0.15, 0.2) is 11.5 Å². The van der Waals surface area contributed by atoms with Crippen molar-refractivity contribution in [2.24, 2.45) is 0 Å². The van der Waals surface area contributed by atoms with Gasteiger partial charge < -0.3 is 15.0 Å². The Labute approximate surface area is 131 Å². The van der Waals surface area contributed by atoms with E-state index in [-0.39, 0.29) is 0 Å². The van der Waals surface area contributed by atoms with Crippen molar-refractivity contribution in [1.82, 2.24) is 14.4 Å². The van der Waals surface area contributed by atoms with E-state index < -0.39 is 0 Å². The molecule has 0 bridgehead atoms. The first-order valence-electron chi connectivity index (χ1n) is 6.78. The molecule has 0 atom stereocenters. The smallest absolute Gasteiger partial charge is 0.180 e. The second-order valence-corrected chi connectivity index (χ2v) is 5.66. The van der Waals surface area contributed by atoms with Crippen LogP contribution in [0.2, 0.25) is 0 Å². The van der Waals surface area contributed by atoms with Gasteiger partial charge >= 0.3 is 0 Å². The van der Waals surface area contributed by atoms with Crippen molar-refractivity contribution >= 4 is 38.9 Å². The van der Waals surface area contributed by atoms with Crippen LogP contribution in [-0.2, 0) is 0 Å². The highest BCUT2D eigenvalue weighted by molar-refractivity contribution is 9.10. The lowest BCUT2D eigenvalue weighted by atomic mass is 10.2. The molecule has 2 heterocycles. The Balaban J connectivity index is 2.06. The van der Waals surface area contributed by atoms with E-state index in [2.05, 4.69) is 49.5 Å². The number of imidazole rings is 1. The molecule has 3 aromatic rings. The average Bonchev–Trinajstić information content (AvgIpc) is 2.92. The fraction of sp³-hybridized carbons (Fsp3) is 0.200. The molecule has 0 aliphatic rings. The Morgan fingerprint density at radius 3 is 3.00 bits per heavy atom. The van der Waals surface area contributed by atoms with Crippen LogP contribution in [0.3, 0.4) is 0 Å². The fourth-order valence-corrected chi connectivity index (χ4v) is 2.50. The maximum atomic E-state index is 4.61. The summed E-state index contributed by atoms with van der Waals surface area (Å²) in [5, 5.41) is 6.61. The van der Waals surface area contributed by atoms with Crippen LogP contribution in [0, 0.1) is 6.92 Å². The van der Waals surface area contributed by atoms with E-state index in [0.717, 1.165) is 39.6 Å². The number of fused-ring (bicyclic) bond motifs is 1. The molecule has 0 unspecified atom stereocenters. The molecule has 0 fully saturated rings. The molecule has 6 heteroatoms. The number of hydrogen-bond donors (Lipinski definition) is 2. The van der Waals surface area contributed by atoms with E-state index >= 15 is 0 Å². The third-order valence-corrected chi connectivity index (χ3v) is 3.68. The van der Waals surface area contributed by atoms with Crippen molar-refractivity contribution in [2.75, 3.05) is 17.2 Å². The van der Waals surface area contributed by atoms with Crippen LogP contribution in [0.5, 0.6) is 0 Å². The Kier molecular flexibility index (Phi) is 3.79. The first kappa shape index (κ1) is 13.9. The highest BCUT2D eigenvalue weighted by Crippen LogP contribution is 2.26. The molecule has 0 amide bonds. The Hall–Kier alpha value is -2.08. The van der Waals surface area contributed by atoms with Gasteiger partial charge in [-0.2, -0.15) is 0 Å². The van der Waals surface area contributed by atoms with Crippen molar-refractivity contribution in [2.45, 2.75) is 13.8 Å². The first-order valence-corrected chi connectivity index (χ1v) is 7.57. The van der Waals surface area contributed by atoms with Gasteiger partial charge in [-0.1, -0.05) is 22.0 Å². The molecule has 0 saturated carbocycles. The number of aromatic nitrogens is 3. The molecule has 3 rings (SSSR count). The van der Waals surface area contributed by atoms with Gasteiger partial charge in [-0.05, 0) is 31.5 Å². The van der Waals surface area contributed by atoms with E-state index in [1.165, 1.54) is 0 Å². The van der Waals surface area contributed by atoms with E-state index in [0.29, 0.717) is 0 Å². The maximum Gasteiger partial charge on any atom is 0.180 e. The largest absolute Gasteiger partial charge is 0.369 e. The Bertz CT molecular complexity index is 781. The molecule has 5 nitrogen and oxygen atoms in total. The zero-order chi connectivity index (χ0) is 14.8. The van der Waals surface area contributed by atoms with Crippen LogP contribution in [0.25, 0.3) is 5.65 Å². The van der Waals surface area contributed by atoms with Gasteiger partial charge in [-0.15, -0.1) is 0 Å². The number of nitrogens with zero attached hydrogens (tertiary/aromatic N) is 3. The van der Waals surface area contributed by atoms with Crippen molar-refractivity contribution < 1.29 is 0 Å². The fourth-order valence-electron chi connectivity index (χ4n) is 2.14. The minimum atomic E-state index is 0.736. The van der Waals surface area contributed by atoms with Crippen molar-refractivity contribution in [1.29, 1.82) is 0 Å². The standard InChI is InChI=1S/C15H16BrN5/c1-3-17-13-9-21-7-6-18-15(21)14(20-13)19-12-8-11(16)5-4-10(12)2/h4-9,17H,3H2,1-2H3,(H,19,20). The van der Waals surface area contributed by atoms with E-state index in [1.807, 2.05) is 35.9 Å². The van der Waals surface area contributed by atoms with Crippen molar-refractivity contribution in [3.63, 3.8) is 0 Å². The van der Waals surface area contributed by atoms with Crippen LogP contribution < -0.4 is 10.6 Å². The number of nitrogens with one attached hydrogen (secondary N) is 2. The number of rotatable bonds is 4. The molecule has 2 aromatic heterocycles. The Morgan fingerprint density at radius 2 is 2.19 bits per heavy atom. The molecular weight excluding hydrogens is 330 g/mol. The summed E-state index contributed by atoms with van der Waals surface area (Å²) in [6, 6.07) is 6.12. The molecular formula is C15H16BrN5. The maximum absolute atomic E-state index is 4.61. The van der Waals surface area contributed by atoms with Crippen molar-refractivity contribution in [3.8, 4) is 0 Å². The summed E-state index contributed by atoms with van der Waals surface area (Å²) in [6.07, 6.45) is 5.62. The minimum absolute atomic E-state index is 0.736. The van der Waals surface area contributed by atoms with Crippen LogP contribution in [0.15, 0.2) is 41.3 Å². The van der Waals surface area contributed by atoms with E-state index in [9.17, 15) is 0 Å². The average molecular weight is 346 g/mol. The second kappa shape index (κ2) is 5.73. The highest BCUT2D eigenvalue weighted by Gasteiger charge is 2.09. The number of aryl methyl sites for hydroxylation is 1. The number of anilines is 3. The van der Waals surface area contributed by atoms with Gasteiger partial charge in [-0.3, -0.25) is 0 Å². The molecule has 0 aliphatic heterocycles. The second-order valence-electron chi connectivity index (χ2n) is 4.75. The summed E-state index contributed by atoms with van der Waals surface area (Å²) < 4.78 is 2.98. The normalized spacial score (nSPS) is 10.8. The van der Waals surface area contributed by atoms with Crippen LogP contribution in [0.4, 0.5) is 17.3 Å². The summed E-state index contributed by atoms with van der Waals surface area (Å²) in [7, 11) is 0. The lowest BCUT2D eigenvalue weighted by Gasteiger charge is -2.12. The molecule has 0 aliphatic carbocycles. The van der Waals surface area contributed by atoms with Crippen LogP contribution in [-0.4, -0.2) is 20.9 Å². The summed E-state index contributed by atoms with van der Waals surface area (Å²) in [5.41, 5.74) is 2.96. The van der Waals surface area contributed by atoms with Crippen LogP contribution >= 0.6 is 15.9 Å². The molecule has 21 heavy (non-hydrogen) atoms. The molecule has 2 N–H and O–H groups in total. The Morgan fingerprint density at radius 1 is 1.33 bits per heavy atom. The molecule has 108 valence electrons. The van der Waals surface area contributed by atoms with Crippen LogP contribution in [0.1, 0.15) is 12.5 Å². The minimum Gasteiger partial charge on any atom is -0.369 e. The predicted molar refractivity (Wildman–Crippen MR) is 89.3 cm³/mol. The lowest BCUT2D eigenvalue weighted by molar-refractivity contribution is 1.09. The molecule has 0 spiro atoms. The van der Waals surface area contributed by atoms with Crippen molar-refractivity contribution in [3.05, 3.63) is 46.8 Å². The first-order chi connectivity index (χ1) is 10.2. The van der Waals surface area contributed by atoms with Gasteiger partial charge in [0, 0.05) is 29.1 Å². The lowest BCUT2D eigenvalue weighted by Crippen LogP contribution is -2.05. The summed E-state index contributed by atoms with van der Waals surface area (Å²) in [4.78, 5) is 8.97. The molecule has 0 saturated heterocycles. The zero-order valence-electron chi connectivity index (χ0n) is 11.9. The monoisotopic (exact) mass is 345 g/mol. The van der Waals surface area contributed by atoms with E-state index in [4.69, 9.17) is 0 Å². The zero-order valence-corrected chi connectivity index (χ0v) is 13.5. The number of benzene rings is 1. The number of halogens is 1. The highest BCUT2D eigenvalue weighted by atomic mass is 79.9. The third kappa shape index (κ3) is 2.85. The van der Waals surface area contributed by atoms with Gasteiger partial charge in [-0.25, -0.2) is 9.97 Å². The predicted octanol–water partition coefficient (Wildman–Crippen LogP) is 3.98. The van der Waals surface area contributed by atoms with Gasteiger partial charge in [0.1, 0.15) is 5.82 Å². The quantitative estimate of drug-likeness (QED) is 0.750.